The number of aliphatic carboxylic acids is 1. The highest BCUT2D eigenvalue weighted by atomic mass is 32.2. The van der Waals surface area contributed by atoms with Crippen LogP contribution < -0.4 is 0 Å². The minimum absolute atomic E-state index is 0.0261. The van der Waals surface area contributed by atoms with Crippen LogP contribution >= 0.6 is 0 Å². The number of rotatable bonds is 2. The van der Waals surface area contributed by atoms with E-state index >= 15 is 0 Å². The smallest absolute Gasteiger partial charge is 0.315 e. The average molecular weight is 228 g/mol. The third-order valence-electron chi connectivity index (χ3n) is 2.45. The lowest BCUT2D eigenvalue weighted by Gasteiger charge is -2.17. The predicted molar refractivity (Wildman–Crippen MR) is 57.2 cm³/mol. The monoisotopic (exact) mass is 228 g/mol. The van der Waals surface area contributed by atoms with Crippen LogP contribution in [-0.4, -0.2) is 24.4 Å². The van der Waals surface area contributed by atoms with E-state index in [2.05, 4.69) is 0 Å². The molecule has 0 aliphatic heterocycles. The molecule has 0 radical (unpaired) electrons. The molecule has 0 saturated carbocycles. The number of carboxylic acid groups (broad SMARTS) is 1. The van der Waals surface area contributed by atoms with Gasteiger partial charge in [-0.2, -0.15) is 8.42 Å². The van der Waals surface area contributed by atoms with E-state index in [1.54, 1.807) is 13.0 Å². The summed E-state index contributed by atoms with van der Waals surface area (Å²) in [5.41, 5.74) is 1.42. The topological polar surface area (TPSA) is 71.4 Å². The molecule has 0 spiro atoms. The van der Waals surface area contributed by atoms with Gasteiger partial charge in [0, 0.05) is 0 Å². The normalized spacial score (nSPS) is 20.7. The molecule has 1 aliphatic rings. The first-order chi connectivity index (χ1) is 6.99. The van der Waals surface area contributed by atoms with Gasteiger partial charge < -0.3 is 5.11 Å². The Hall–Kier alpha value is -1.36. The zero-order chi connectivity index (χ0) is 11.6. The van der Waals surface area contributed by atoms with E-state index in [0.29, 0.717) is 12.0 Å². The molecule has 1 aliphatic carbocycles. The zero-order valence-corrected chi connectivity index (χ0v) is 9.34. The summed E-state index contributed by atoms with van der Waals surface area (Å²) in [5.74, 6) is -2.18. The second kappa shape index (κ2) is 4.44. The number of hydrogen-bond donors (Lipinski definition) is 1. The second-order valence-electron chi connectivity index (χ2n) is 3.28. The van der Waals surface area contributed by atoms with Crippen molar-refractivity contribution in [2.24, 2.45) is 5.92 Å². The summed E-state index contributed by atoms with van der Waals surface area (Å²) in [6, 6.07) is 0. The number of carboxylic acids is 1. The van der Waals surface area contributed by atoms with Gasteiger partial charge in [-0.05, 0) is 24.5 Å². The van der Waals surface area contributed by atoms with Gasteiger partial charge in [0.25, 0.3) is 0 Å². The van der Waals surface area contributed by atoms with Crippen molar-refractivity contribution >= 4 is 21.1 Å². The molecule has 0 fully saturated rings. The predicted octanol–water partition coefficient (Wildman–Crippen LogP) is 1.04. The van der Waals surface area contributed by atoms with Crippen molar-refractivity contribution in [1.29, 1.82) is 0 Å². The van der Waals surface area contributed by atoms with Gasteiger partial charge in [-0.3, -0.25) is 4.79 Å². The summed E-state index contributed by atoms with van der Waals surface area (Å²) < 4.78 is 21.9. The van der Waals surface area contributed by atoms with E-state index in [4.69, 9.17) is 5.11 Å². The molecular weight excluding hydrogens is 216 g/mol. The van der Waals surface area contributed by atoms with Gasteiger partial charge in [0.2, 0.25) is 10.3 Å². The van der Waals surface area contributed by atoms with Crippen molar-refractivity contribution in [3.8, 4) is 0 Å². The highest BCUT2D eigenvalue weighted by Gasteiger charge is 2.27. The van der Waals surface area contributed by atoms with Crippen LogP contribution in [0.4, 0.5) is 0 Å². The molecule has 15 heavy (non-hydrogen) atoms. The highest BCUT2D eigenvalue weighted by molar-refractivity contribution is 7.73. The quantitative estimate of drug-likeness (QED) is 0.717. The number of hydrogen-bond acceptors (Lipinski definition) is 3. The van der Waals surface area contributed by atoms with Crippen LogP contribution in [0, 0.1) is 5.92 Å². The summed E-state index contributed by atoms with van der Waals surface area (Å²) >= 11 is 0. The summed E-state index contributed by atoms with van der Waals surface area (Å²) in [7, 11) is -2.48. The first-order valence-electron chi connectivity index (χ1n) is 4.56. The Labute approximate surface area is 89.5 Å². The molecule has 0 amide bonds. The van der Waals surface area contributed by atoms with Gasteiger partial charge in [0.1, 0.15) is 5.92 Å². The first kappa shape index (κ1) is 11.7. The van der Waals surface area contributed by atoms with Crippen molar-refractivity contribution < 1.29 is 18.3 Å². The molecule has 0 heterocycles. The Bertz CT molecular complexity index is 472. The molecule has 0 saturated heterocycles. The van der Waals surface area contributed by atoms with Crippen LogP contribution in [0.5, 0.6) is 0 Å². The first-order valence-corrected chi connectivity index (χ1v) is 5.63. The lowest BCUT2D eigenvalue weighted by atomic mass is 9.89. The Balaban J connectivity index is 3.40. The van der Waals surface area contributed by atoms with Gasteiger partial charge in [-0.25, -0.2) is 0 Å². The molecule has 4 nitrogen and oxygen atoms in total. The van der Waals surface area contributed by atoms with Gasteiger partial charge >= 0.3 is 5.97 Å². The van der Waals surface area contributed by atoms with E-state index in [9.17, 15) is 13.2 Å². The van der Waals surface area contributed by atoms with Crippen molar-refractivity contribution in [1.82, 2.24) is 0 Å². The van der Waals surface area contributed by atoms with Gasteiger partial charge in [0.15, 0.2) is 0 Å². The standard InChI is InChI=1S/C10H12O4S/c1-3-7-4-5-8(10(11)12)9(6(7)2)15(13)14/h4-5,8H,3H2,1-2H3,(H,11,12). The molecule has 5 heteroatoms. The average Bonchev–Trinajstić information content (AvgIpc) is 2.16. The fraction of sp³-hybridized carbons (Fsp3) is 0.400. The maximum Gasteiger partial charge on any atom is 0.315 e. The maximum absolute atomic E-state index is 11.0. The van der Waals surface area contributed by atoms with Crippen molar-refractivity contribution in [2.75, 3.05) is 0 Å². The van der Waals surface area contributed by atoms with Gasteiger partial charge in [0.05, 0.1) is 4.86 Å². The number of allylic oxidation sites excluding steroid dienone is 3. The second-order valence-corrected chi connectivity index (χ2v) is 4.19. The lowest BCUT2D eigenvalue weighted by molar-refractivity contribution is -0.138. The Kier molecular flexibility index (Phi) is 3.47. The third kappa shape index (κ3) is 2.18. The van der Waals surface area contributed by atoms with E-state index in [0.717, 1.165) is 5.57 Å². The van der Waals surface area contributed by atoms with Crippen molar-refractivity contribution in [2.45, 2.75) is 20.3 Å². The summed E-state index contributed by atoms with van der Waals surface area (Å²) in [6.45, 7) is 3.54. The van der Waals surface area contributed by atoms with Crippen molar-refractivity contribution in [3.63, 3.8) is 0 Å². The molecule has 1 atom stereocenters. The minimum atomic E-state index is -2.48. The molecule has 1 N–H and O–H groups in total. The van der Waals surface area contributed by atoms with Crippen LogP contribution in [0.3, 0.4) is 0 Å². The Morgan fingerprint density at radius 2 is 2.13 bits per heavy atom. The Morgan fingerprint density at radius 3 is 2.53 bits per heavy atom. The Morgan fingerprint density at radius 1 is 1.53 bits per heavy atom. The van der Waals surface area contributed by atoms with E-state index in [1.165, 1.54) is 6.08 Å². The van der Waals surface area contributed by atoms with E-state index in [1.807, 2.05) is 6.92 Å². The molecule has 82 valence electrons. The summed E-state index contributed by atoms with van der Waals surface area (Å²) in [5, 5.41) is 8.87. The molecule has 1 rings (SSSR count). The fourth-order valence-corrected chi connectivity index (χ4v) is 2.39. The largest absolute Gasteiger partial charge is 0.481 e. The minimum Gasteiger partial charge on any atom is -0.481 e. The van der Waals surface area contributed by atoms with Gasteiger partial charge in [-0.15, -0.1) is 0 Å². The molecule has 0 aromatic heterocycles. The molecule has 0 aromatic carbocycles. The molecular formula is C10H12O4S. The zero-order valence-electron chi connectivity index (χ0n) is 8.52. The SMILES string of the molecule is CCC1=C(C)C(=S(=O)=O)C(C(=O)O)C=C1. The lowest BCUT2D eigenvalue weighted by Crippen LogP contribution is -2.26. The fourth-order valence-electron chi connectivity index (χ4n) is 1.62. The van der Waals surface area contributed by atoms with Gasteiger partial charge in [-0.1, -0.05) is 19.1 Å². The van der Waals surface area contributed by atoms with E-state index < -0.39 is 22.2 Å². The van der Waals surface area contributed by atoms with Crippen LogP contribution in [0.25, 0.3) is 0 Å². The molecule has 1 unspecified atom stereocenters. The molecule has 0 bridgehead atoms. The maximum atomic E-state index is 11.0. The summed E-state index contributed by atoms with van der Waals surface area (Å²) in [6.07, 6.45) is 3.79. The van der Waals surface area contributed by atoms with Crippen LogP contribution in [-0.2, 0) is 15.1 Å². The van der Waals surface area contributed by atoms with E-state index in [-0.39, 0.29) is 4.86 Å². The van der Waals surface area contributed by atoms with Crippen LogP contribution in [0.15, 0.2) is 23.3 Å². The molecule has 0 aromatic rings. The number of carbonyl (C=O) groups is 1. The highest BCUT2D eigenvalue weighted by Crippen LogP contribution is 2.22. The summed E-state index contributed by atoms with van der Waals surface area (Å²) in [4.78, 5) is 10.8. The van der Waals surface area contributed by atoms with Crippen LogP contribution in [0.1, 0.15) is 20.3 Å². The van der Waals surface area contributed by atoms with Crippen LogP contribution in [0.2, 0.25) is 0 Å². The van der Waals surface area contributed by atoms with Crippen molar-refractivity contribution in [3.05, 3.63) is 23.3 Å². The third-order valence-corrected chi connectivity index (χ3v) is 3.37.